The highest BCUT2D eigenvalue weighted by Gasteiger charge is 2.33. The van der Waals surface area contributed by atoms with E-state index in [1.165, 1.54) is 12.8 Å². The summed E-state index contributed by atoms with van der Waals surface area (Å²) in [5.74, 6) is -1.37. The highest BCUT2D eigenvalue weighted by Crippen LogP contribution is 2.18. The molecule has 0 saturated heterocycles. The van der Waals surface area contributed by atoms with Gasteiger partial charge in [-0.15, -0.1) is 13.2 Å². The molecule has 0 aromatic carbocycles. The number of hydrogen-bond acceptors (Lipinski definition) is 4. The lowest BCUT2D eigenvalue weighted by Crippen LogP contribution is -2.18. The molecule has 0 aliphatic carbocycles. The topological polar surface area (TPSA) is 52.6 Å². The molecule has 0 heterocycles. The molecule has 0 aliphatic heterocycles. The van der Waals surface area contributed by atoms with Gasteiger partial charge in [0.2, 0.25) is 0 Å². The largest absolute Gasteiger partial charge is 0.575 e. The van der Waals surface area contributed by atoms with Gasteiger partial charge in [0.05, 0.1) is 6.61 Å². The summed E-state index contributed by atoms with van der Waals surface area (Å²) >= 11 is 0. The van der Waals surface area contributed by atoms with Gasteiger partial charge in [-0.3, -0.25) is 9.59 Å². The quantitative estimate of drug-likeness (QED) is 0.275. The van der Waals surface area contributed by atoms with Crippen LogP contribution in [0, 0.1) is 0 Å². The number of hydrogen-bond donors (Lipinski definition) is 0. The van der Waals surface area contributed by atoms with Crippen molar-refractivity contribution in [2.24, 2.45) is 0 Å². The number of esters is 2. The van der Waals surface area contributed by atoms with Crippen molar-refractivity contribution in [3.63, 3.8) is 0 Å². The van der Waals surface area contributed by atoms with Crippen LogP contribution in [-0.4, -0.2) is 24.9 Å². The Labute approximate surface area is 148 Å². The third kappa shape index (κ3) is 18.9. The highest BCUT2D eigenvalue weighted by atomic mass is 19.4. The second kappa shape index (κ2) is 15.0. The van der Waals surface area contributed by atoms with Crippen LogP contribution in [0.4, 0.5) is 13.2 Å². The Morgan fingerprint density at radius 3 is 1.76 bits per heavy atom. The number of carbonyl (C=O) groups excluding carboxylic acids is 2. The van der Waals surface area contributed by atoms with Crippen LogP contribution in [-0.2, 0) is 19.1 Å². The van der Waals surface area contributed by atoms with Crippen LogP contribution in [0.3, 0.4) is 0 Å². The molecule has 0 rings (SSSR count). The van der Waals surface area contributed by atoms with Crippen LogP contribution in [0.2, 0.25) is 0 Å². The van der Waals surface area contributed by atoms with E-state index in [1.54, 1.807) is 0 Å². The molecule has 0 saturated carbocycles. The summed E-state index contributed by atoms with van der Waals surface area (Å²) in [5.41, 5.74) is 0. The summed E-state index contributed by atoms with van der Waals surface area (Å²) in [7, 11) is 0. The van der Waals surface area contributed by atoms with Crippen molar-refractivity contribution < 1.29 is 32.2 Å². The minimum Gasteiger partial charge on any atom is -0.466 e. The van der Waals surface area contributed by atoms with Crippen molar-refractivity contribution >= 4 is 11.9 Å². The third-order valence-electron chi connectivity index (χ3n) is 3.75. The number of alkyl halides is 3. The van der Waals surface area contributed by atoms with Crippen LogP contribution in [0.5, 0.6) is 0 Å². The normalized spacial score (nSPS) is 11.4. The average molecular weight is 368 g/mol. The molecular weight excluding hydrogens is 337 g/mol. The molecule has 0 unspecified atom stereocenters. The monoisotopic (exact) mass is 368 g/mol. The fraction of sp³-hybridized carbons (Fsp3) is 0.889. The van der Waals surface area contributed by atoms with E-state index in [0.717, 1.165) is 44.9 Å². The lowest BCUT2D eigenvalue weighted by Gasteiger charge is -2.07. The molecule has 0 fully saturated rings. The van der Waals surface area contributed by atoms with E-state index >= 15 is 0 Å². The summed E-state index contributed by atoms with van der Waals surface area (Å²) in [4.78, 5) is 22.3. The van der Waals surface area contributed by atoms with E-state index in [4.69, 9.17) is 4.74 Å². The summed E-state index contributed by atoms with van der Waals surface area (Å²) in [6.45, 7) is 2.57. The summed E-state index contributed by atoms with van der Waals surface area (Å²) in [6.07, 6.45) is 5.40. The van der Waals surface area contributed by atoms with E-state index in [-0.39, 0.29) is 12.4 Å². The lowest BCUT2D eigenvalue weighted by molar-refractivity contribution is -0.305. The highest BCUT2D eigenvalue weighted by molar-refractivity contribution is 5.69. The molecular formula is C18H31F3O4. The first-order chi connectivity index (χ1) is 11.8. The molecule has 0 radical (unpaired) electrons. The standard InChI is InChI=1S/C18H31F3O4/c1-2-3-4-7-10-13-16(22)24-15-12-9-6-5-8-11-14-17(23)25-18(19,20)21/h2-15H2,1H3. The Bertz CT molecular complexity index is 357. The zero-order valence-electron chi connectivity index (χ0n) is 15.2. The fourth-order valence-corrected chi connectivity index (χ4v) is 2.39. The van der Waals surface area contributed by atoms with E-state index in [0.29, 0.717) is 25.9 Å². The molecule has 0 atom stereocenters. The first-order valence-corrected chi connectivity index (χ1v) is 9.29. The van der Waals surface area contributed by atoms with E-state index in [2.05, 4.69) is 11.7 Å². The molecule has 0 N–H and O–H groups in total. The second-order valence-electron chi connectivity index (χ2n) is 6.18. The van der Waals surface area contributed by atoms with Gasteiger partial charge >= 0.3 is 18.3 Å². The second-order valence-corrected chi connectivity index (χ2v) is 6.18. The molecule has 0 aliphatic rings. The van der Waals surface area contributed by atoms with Crippen LogP contribution in [0.1, 0.15) is 90.4 Å². The number of ether oxygens (including phenoxy) is 2. The van der Waals surface area contributed by atoms with Crippen molar-refractivity contribution in [2.75, 3.05) is 6.61 Å². The predicted molar refractivity (Wildman–Crippen MR) is 88.8 cm³/mol. The first-order valence-electron chi connectivity index (χ1n) is 9.29. The maximum absolute atomic E-state index is 11.8. The van der Waals surface area contributed by atoms with Gasteiger partial charge in [0.15, 0.2) is 0 Å². The smallest absolute Gasteiger partial charge is 0.466 e. The molecule has 0 amide bonds. The van der Waals surface area contributed by atoms with Crippen LogP contribution in [0.25, 0.3) is 0 Å². The van der Waals surface area contributed by atoms with E-state index < -0.39 is 12.3 Å². The fourth-order valence-electron chi connectivity index (χ4n) is 2.39. The average Bonchev–Trinajstić information content (AvgIpc) is 2.51. The molecule has 148 valence electrons. The molecule has 0 aromatic heterocycles. The van der Waals surface area contributed by atoms with E-state index in [9.17, 15) is 22.8 Å². The SMILES string of the molecule is CCCCCCCC(=O)OCCCCCCCCC(=O)OC(F)(F)F. The molecule has 7 heteroatoms. The zero-order chi connectivity index (χ0) is 19.0. The van der Waals surface area contributed by atoms with Crippen molar-refractivity contribution in [1.29, 1.82) is 0 Å². The van der Waals surface area contributed by atoms with Gasteiger partial charge in [0.25, 0.3) is 0 Å². The zero-order valence-corrected chi connectivity index (χ0v) is 15.2. The first kappa shape index (κ1) is 23.7. The van der Waals surface area contributed by atoms with Crippen molar-refractivity contribution in [1.82, 2.24) is 0 Å². The van der Waals surface area contributed by atoms with Gasteiger partial charge in [-0.05, 0) is 19.3 Å². The predicted octanol–water partition coefficient (Wildman–Crippen LogP) is 5.68. The number of halogens is 3. The van der Waals surface area contributed by atoms with Crippen LogP contribution in [0.15, 0.2) is 0 Å². The number of unbranched alkanes of at least 4 members (excludes halogenated alkanes) is 9. The molecule has 4 nitrogen and oxygen atoms in total. The van der Waals surface area contributed by atoms with Gasteiger partial charge in [-0.25, -0.2) is 0 Å². The number of rotatable bonds is 15. The Hall–Kier alpha value is -1.27. The molecule has 0 spiro atoms. The minimum absolute atomic E-state index is 0.139. The maximum Gasteiger partial charge on any atom is 0.575 e. The minimum atomic E-state index is -4.88. The lowest BCUT2D eigenvalue weighted by atomic mass is 10.1. The van der Waals surface area contributed by atoms with E-state index in [1.807, 2.05) is 0 Å². The summed E-state index contributed by atoms with van der Waals surface area (Å²) in [6, 6.07) is 0. The van der Waals surface area contributed by atoms with Gasteiger partial charge < -0.3 is 9.47 Å². The Balaban J connectivity index is 3.30. The van der Waals surface area contributed by atoms with Gasteiger partial charge in [0, 0.05) is 12.8 Å². The molecule has 0 aromatic rings. The van der Waals surface area contributed by atoms with Crippen molar-refractivity contribution in [2.45, 2.75) is 96.8 Å². The van der Waals surface area contributed by atoms with Crippen molar-refractivity contribution in [3.05, 3.63) is 0 Å². The molecule has 25 heavy (non-hydrogen) atoms. The molecule has 0 bridgehead atoms. The Morgan fingerprint density at radius 2 is 1.20 bits per heavy atom. The van der Waals surface area contributed by atoms with Gasteiger partial charge in [0.1, 0.15) is 0 Å². The number of carbonyl (C=O) groups is 2. The van der Waals surface area contributed by atoms with Crippen LogP contribution < -0.4 is 0 Å². The summed E-state index contributed by atoms with van der Waals surface area (Å²) < 4.78 is 43.7. The maximum atomic E-state index is 11.8. The van der Waals surface area contributed by atoms with Crippen molar-refractivity contribution in [3.8, 4) is 0 Å². The van der Waals surface area contributed by atoms with Gasteiger partial charge in [-0.2, -0.15) is 0 Å². The Kier molecular flexibility index (Phi) is 14.3. The summed E-state index contributed by atoms with van der Waals surface area (Å²) in [5, 5.41) is 0. The van der Waals surface area contributed by atoms with Gasteiger partial charge in [-0.1, -0.05) is 58.3 Å². The Morgan fingerprint density at radius 1 is 0.720 bits per heavy atom. The van der Waals surface area contributed by atoms with Crippen LogP contribution >= 0.6 is 0 Å². The third-order valence-corrected chi connectivity index (χ3v) is 3.75.